The van der Waals surface area contributed by atoms with Crippen LogP contribution >= 0.6 is 0 Å². The predicted octanol–water partition coefficient (Wildman–Crippen LogP) is 5.88. The number of aryl methyl sites for hydroxylation is 1. The Kier molecular flexibility index (Phi) is 9.37. The van der Waals surface area contributed by atoms with Crippen molar-refractivity contribution in [2.75, 3.05) is 26.7 Å². The largest absolute Gasteiger partial charge is 0.493 e. The van der Waals surface area contributed by atoms with Gasteiger partial charge in [-0.05, 0) is 60.7 Å². The van der Waals surface area contributed by atoms with Crippen molar-refractivity contribution < 1.29 is 37.7 Å². The number of nitriles is 1. The summed E-state index contributed by atoms with van der Waals surface area (Å²) < 4.78 is 57.8. The molecule has 0 radical (unpaired) electrons. The number of carboxylic acid groups (broad SMARTS) is 1. The first-order valence-electron chi connectivity index (χ1n) is 14.6. The molecule has 8 nitrogen and oxygen atoms in total. The van der Waals surface area contributed by atoms with Gasteiger partial charge in [-0.1, -0.05) is 36.4 Å². The van der Waals surface area contributed by atoms with Gasteiger partial charge in [-0.2, -0.15) is 18.4 Å². The summed E-state index contributed by atoms with van der Waals surface area (Å²) >= 11 is 0. The van der Waals surface area contributed by atoms with Gasteiger partial charge in [-0.25, -0.2) is 0 Å². The first-order chi connectivity index (χ1) is 21.5. The second kappa shape index (κ2) is 13.2. The number of hydrogen-bond acceptors (Lipinski definition) is 6. The number of halogens is 3. The van der Waals surface area contributed by atoms with Gasteiger partial charge in [0.2, 0.25) is 5.60 Å². The van der Waals surface area contributed by atoms with E-state index in [2.05, 4.69) is 0 Å². The fourth-order valence-electron chi connectivity index (χ4n) is 5.84. The van der Waals surface area contributed by atoms with Crippen molar-refractivity contribution in [3.8, 4) is 17.6 Å². The van der Waals surface area contributed by atoms with E-state index in [1.54, 1.807) is 39.8 Å². The van der Waals surface area contributed by atoms with E-state index in [4.69, 9.17) is 14.6 Å². The fraction of sp³-hybridized carbons (Fsp3) is 0.353. The van der Waals surface area contributed by atoms with Crippen LogP contribution in [0.4, 0.5) is 13.2 Å². The highest BCUT2D eigenvalue weighted by molar-refractivity contribution is 5.86. The highest BCUT2D eigenvalue weighted by Crippen LogP contribution is 2.44. The molecule has 1 unspecified atom stereocenters. The number of piperidine rings is 1. The van der Waals surface area contributed by atoms with Crippen LogP contribution in [0.3, 0.4) is 0 Å². The molecule has 11 heteroatoms. The Balaban J connectivity index is 1.35. The molecule has 3 aromatic carbocycles. The maximum absolute atomic E-state index is 14.8. The number of hydrogen-bond donors (Lipinski definition) is 2. The van der Waals surface area contributed by atoms with Crippen LogP contribution < -0.4 is 9.47 Å². The van der Waals surface area contributed by atoms with E-state index in [-0.39, 0.29) is 42.1 Å². The summed E-state index contributed by atoms with van der Waals surface area (Å²) in [6.07, 6.45) is -2.75. The van der Waals surface area contributed by atoms with E-state index in [0.29, 0.717) is 42.8 Å². The molecule has 1 aliphatic heterocycles. The predicted molar refractivity (Wildman–Crippen MR) is 161 cm³/mol. The molecule has 45 heavy (non-hydrogen) atoms. The third-order valence-electron chi connectivity index (χ3n) is 8.26. The molecule has 2 N–H and O–H groups in total. The lowest BCUT2D eigenvalue weighted by Crippen LogP contribution is -2.53. The molecule has 4 aromatic rings. The van der Waals surface area contributed by atoms with Gasteiger partial charge >= 0.3 is 12.1 Å². The van der Waals surface area contributed by atoms with Crippen molar-refractivity contribution in [2.45, 2.75) is 50.1 Å². The molecule has 0 bridgehead atoms. The Hall–Kier alpha value is -4.53. The number of benzene rings is 3. The van der Waals surface area contributed by atoms with Gasteiger partial charge in [0.25, 0.3) is 0 Å². The monoisotopic (exact) mass is 621 g/mol. The van der Waals surface area contributed by atoms with Crippen LogP contribution in [0.15, 0.2) is 72.9 Å². The topological polar surface area (TPSA) is 108 Å². The summed E-state index contributed by atoms with van der Waals surface area (Å²) in [6.45, 7) is 0.137. The minimum Gasteiger partial charge on any atom is -0.493 e. The number of aliphatic hydroxyl groups is 1. The number of β-amino-alcohol motifs (C(OH)–C–C–N with tert-alkyl or cyclic N) is 1. The Bertz CT molecular complexity index is 1690. The van der Waals surface area contributed by atoms with Crippen LogP contribution in [0.1, 0.15) is 41.5 Å². The van der Waals surface area contributed by atoms with Gasteiger partial charge < -0.3 is 24.3 Å². The maximum Gasteiger partial charge on any atom is 0.422 e. The van der Waals surface area contributed by atoms with Crippen molar-refractivity contribution in [3.05, 3.63) is 95.2 Å². The molecular weight excluding hydrogens is 587 g/mol. The van der Waals surface area contributed by atoms with Gasteiger partial charge in [0, 0.05) is 55.3 Å². The number of ether oxygens (including phenoxy) is 2. The molecule has 1 aliphatic rings. The van der Waals surface area contributed by atoms with Crippen LogP contribution in [0.5, 0.6) is 11.5 Å². The minimum atomic E-state index is -5.00. The second-order valence-electron chi connectivity index (χ2n) is 11.3. The first-order valence-corrected chi connectivity index (χ1v) is 14.6. The van der Waals surface area contributed by atoms with Crippen LogP contribution in [0.2, 0.25) is 0 Å². The van der Waals surface area contributed by atoms with Crippen molar-refractivity contribution >= 4 is 16.9 Å². The number of nitrogens with zero attached hydrogens (tertiary/aromatic N) is 3. The van der Waals surface area contributed by atoms with Crippen molar-refractivity contribution in [1.82, 2.24) is 9.47 Å². The zero-order chi connectivity index (χ0) is 32.2. The third kappa shape index (κ3) is 7.08. The number of aliphatic carboxylic acids is 1. The second-order valence-corrected chi connectivity index (χ2v) is 11.3. The average Bonchev–Trinajstić information content (AvgIpc) is 3.39. The summed E-state index contributed by atoms with van der Waals surface area (Å²) in [7, 11) is 1.49. The maximum atomic E-state index is 14.8. The number of likely N-dealkylation sites (tertiary alicyclic amines) is 1. The van der Waals surface area contributed by atoms with E-state index < -0.39 is 24.3 Å². The molecule has 1 saturated heterocycles. The molecule has 5 rings (SSSR count). The molecule has 0 spiro atoms. The molecular formula is C34H34F3N3O5. The van der Waals surface area contributed by atoms with E-state index in [0.717, 1.165) is 11.1 Å². The lowest BCUT2D eigenvalue weighted by Gasteiger charge is -2.39. The van der Waals surface area contributed by atoms with E-state index in [1.807, 2.05) is 36.4 Å². The van der Waals surface area contributed by atoms with E-state index in [1.165, 1.54) is 19.4 Å². The van der Waals surface area contributed by atoms with Crippen LogP contribution in [0, 0.1) is 11.3 Å². The summed E-state index contributed by atoms with van der Waals surface area (Å²) in [5, 5.41) is 30.2. The van der Waals surface area contributed by atoms with E-state index in [9.17, 15) is 28.3 Å². The SMILES string of the molecule is COc1cc(CCC(=O)O)ccc1OC1CCN(CC(O)(c2cn(Cc3ccccc3)c3ccc(C#N)cc23)C(F)(F)F)CC1. The van der Waals surface area contributed by atoms with Crippen molar-refractivity contribution in [1.29, 1.82) is 5.26 Å². The van der Waals surface area contributed by atoms with Crippen LogP contribution in [-0.2, 0) is 23.4 Å². The Labute approximate surface area is 258 Å². The molecule has 1 atom stereocenters. The zero-order valence-electron chi connectivity index (χ0n) is 24.8. The number of carboxylic acids is 1. The van der Waals surface area contributed by atoms with Gasteiger partial charge in [0.15, 0.2) is 11.5 Å². The number of alkyl halides is 3. The van der Waals surface area contributed by atoms with Crippen LogP contribution in [-0.4, -0.2) is 64.7 Å². The van der Waals surface area contributed by atoms with Crippen molar-refractivity contribution in [3.63, 3.8) is 0 Å². The fourth-order valence-corrected chi connectivity index (χ4v) is 5.84. The Morgan fingerprint density at radius 3 is 2.40 bits per heavy atom. The zero-order valence-corrected chi connectivity index (χ0v) is 24.8. The normalized spacial score (nSPS) is 15.8. The molecule has 1 aromatic heterocycles. The number of methoxy groups -OCH3 is 1. The highest BCUT2D eigenvalue weighted by Gasteiger charge is 2.57. The number of aromatic nitrogens is 1. The van der Waals surface area contributed by atoms with Crippen molar-refractivity contribution in [2.24, 2.45) is 0 Å². The van der Waals surface area contributed by atoms with Gasteiger partial charge in [0.1, 0.15) is 6.10 Å². The van der Waals surface area contributed by atoms with E-state index >= 15 is 0 Å². The third-order valence-corrected chi connectivity index (χ3v) is 8.26. The molecule has 0 amide bonds. The number of carbonyl (C=O) groups is 1. The summed E-state index contributed by atoms with van der Waals surface area (Å²) in [4.78, 5) is 12.5. The van der Waals surface area contributed by atoms with Crippen LogP contribution in [0.25, 0.3) is 10.9 Å². The Morgan fingerprint density at radius 1 is 1.02 bits per heavy atom. The molecule has 2 heterocycles. The minimum absolute atomic E-state index is 0.0148. The number of fused-ring (bicyclic) bond motifs is 1. The quantitative estimate of drug-likeness (QED) is 0.215. The van der Waals surface area contributed by atoms with Gasteiger partial charge in [-0.15, -0.1) is 0 Å². The number of rotatable bonds is 11. The molecule has 0 saturated carbocycles. The lowest BCUT2D eigenvalue weighted by atomic mass is 9.90. The summed E-state index contributed by atoms with van der Waals surface area (Å²) in [5.74, 6) is 0.0278. The first kappa shape index (κ1) is 31.9. The highest BCUT2D eigenvalue weighted by atomic mass is 19.4. The summed E-state index contributed by atoms with van der Waals surface area (Å²) in [5.41, 5.74) is -1.11. The average molecular weight is 622 g/mol. The molecule has 1 fully saturated rings. The van der Waals surface area contributed by atoms with Gasteiger partial charge in [0.05, 0.1) is 18.7 Å². The van der Waals surface area contributed by atoms with Gasteiger partial charge in [-0.3, -0.25) is 9.69 Å². The summed E-state index contributed by atoms with van der Waals surface area (Å²) in [6, 6.07) is 21.1. The smallest absolute Gasteiger partial charge is 0.422 e. The lowest BCUT2D eigenvalue weighted by molar-refractivity contribution is -0.272. The standard InChI is InChI=1S/C34H34F3N3O5/c1-44-31-18-23(9-12-32(41)42)8-11-30(31)45-26-13-15-39(16-14-26)22-33(43,34(35,36)37)28-21-40(20-24-5-3-2-4-6-24)29-10-7-25(19-38)17-27(28)29/h2-8,10-11,17-18,21,26,43H,9,12-16,20,22H2,1H3,(H,41,42). The molecule has 236 valence electrons. The Morgan fingerprint density at radius 2 is 1.76 bits per heavy atom. The molecule has 0 aliphatic carbocycles.